The van der Waals surface area contributed by atoms with Crippen LogP contribution in [0.5, 0.6) is 0 Å². The molecule has 17 heavy (non-hydrogen) atoms. The van der Waals surface area contributed by atoms with Gasteiger partial charge in [-0.2, -0.15) is 0 Å². The lowest BCUT2D eigenvalue weighted by Crippen LogP contribution is -2.40. The SMILES string of the molecule is CC1(CN)CCN(C(=O)C2CC3CCC2O3)C1. The van der Waals surface area contributed by atoms with Crippen molar-refractivity contribution in [3.05, 3.63) is 0 Å². The summed E-state index contributed by atoms with van der Waals surface area (Å²) in [5.74, 6) is 0.447. The van der Waals surface area contributed by atoms with Gasteiger partial charge in [-0.05, 0) is 37.6 Å². The Morgan fingerprint density at radius 3 is 2.88 bits per heavy atom. The minimum atomic E-state index is 0.133. The Morgan fingerprint density at radius 2 is 2.35 bits per heavy atom. The van der Waals surface area contributed by atoms with E-state index in [4.69, 9.17) is 10.5 Å². The number of likely N-dealkylation sites (tertiary alicyclic amines) is 1. The molecule has 2 N–H and O–H groups in total. The third-order valence-corrected chi connectivity index (χ3v) is 4.79. The van der Waals surface area contributed by atoms with Gasteiger partial charge in [0.15, 0.2) is 0 Å². The smallest absolute Gasteiger partial charge is 0.228 e. The van der Waals surface area contributed by atoms with E-state index in [2.05, 4.69) is 6.92 Å². The van der Waals surface area contributed by atoms with E-state index in [1.165, 1.54) is 0 Å². The van der Waals surface area contributed by atoms with Crippen LogP contribution in [0.4, 0.5) is 0 Å². The summed E-state index contributed by atoms with van der Waals surface area (Å²) in [5.41, 5.74) is 5.91. The molecule has 3 aliphatic heterocycles. The number of ether oxygens (including phenoxy) is 1. The lowest BCUT2D eigenvalue weighted by atomic mass is 9.88. The molecule has 3 rings (SSSR count). The van der Waals surface area contributed by atoms with E-state index in [-0.39, 0.29) is 17.4 Å². The highest BCUT2D eigenvalue weighted by Gasteiger charge is 2.47. The standard InChI is InChI=1S/C13H22N2O2/c1-13(7-14)4-5-15(8-13)12(16)10-6-9-2-3-11(10)17-9/h9-11H,2-8,14H2,1H3. The zero-order valence-electron chi connectivity index (χ0n) is 10.5. The predicted molar refractivity (Wildman–Crippen MR) is 64.4 cm³/mol. The molecule has 3 saturated heterocycles. The predicted octanol–water partition coefficient (Wildman–Crippen LogP) is 0.751. The van der Waals surface area contributed by atoms with Gasteiger partial charge in [0, 0.05) is 13.1 Å². The highest BCUT2D eigenvalue weighted by atomic mass is 16.5. The molecule has 0 spiro atoms. The van der Waals surface area contributed by atoms with Crippen molar-refractivity contribution in [3.8, 4) is 0 Å². The fraction of sp³-hybridized carbons (Fsp3) is 0.923. The number of nitrogens with zero attached hydrogens (tertiary/aromatic N) is 1. The second-order valence-corrected chi connectivity index (χ2v) is 6.24. The number of carbonyl (C=O) groups excluding carboxylic acids is 1. The second kappa shape index (κ2) is 3.95. The van der Waals surface area contributed by atoms with Crippen molar-refractivity contribution in [2.45, 2.75) is 44.8 Å². The van der Waals surface area contributed by atoms with Crippen LogP contribution in [-0.2, 0) is 9.53 Å². The summed E-state index contributed by atoms with van der Waals surface area (Å²) in [5, 5.41) is 0. The summed E-state index contributed by atoms with van der Waals surface area (Å²) < 4.78 is 5.77. The Morgan fingerprint density at radius 1 is 1.53 bits per heavy atom. The third-order valence-electron chi connectivity index (χ3n) is 4.79. The lowest BCUT2D eigenvalue weighted by Gasteiger charge is -2.26. The maximum Gasteiger partial charge on any atom is 0.228 e. The first-order chi connectivity index (χ1) is 8.11. The topological polar surface area (TPSA) is 55.6 Å². The Bertz CT molecular complexity index is 333. The Hall–Kier alpha value is -0.610. The molecule has 4 nitrogen and oxygen atoms in total. The molecule has 0 aromatic carbocycles. The molecule has 2 bridgehead atoms. The van der Waals surface area contributed by atoms with E-state index < -0.39 is 0 Å². The molecule has 0 saturated carbocycles. The molecule has 4 atom stereocenters. The van der Waals surface area contributed by atoms with Crippen LogP contribution in [0.25, 0.3) is 0 Å². The summed E-state index contributed by atoms with van der Waals surface area (Å²) >= 11 is 0. The molecule has 0 aromatic heterocycles. The zero-order valence-corrected chi connectivity index (χ0v) is 10.5. The summed E-state index contributed by atoms with van der Waals surface area (Å²) in [6, 6.07) is 0. The summed E-state index contributed by atoms with van der Waals surface area (Å²) in [4.78, 5) is 14.5. The molecule has 4 heteroatoms. The van der Waals surface area contributed by atoms with Crippen LogP contribution >= 0.6 is 0 Å². The fourth-order valence-electron chi connectivity index (χ4n) is 3.51. The number of rotatable bonds is 2. The largest absolute Gasteiger partial charge is 0.374 e. The van der Waals surface area contributed by atoms with E-state index >= 15 is 0 Å². The second-order valence-electron chi connectivity index (χ2n) is 6.24. The average molecular weight is 238 g/mol. The molecule has 0 aromatic rings. The summed E-state index contributed by atoms with van der Waals surface area (Å²) in [6.07, 6.45) is 4.77. The molecule has 1 amide bonds. The number of carbonyl (C=O) groups is 1. The van der Waals surface area contributed by atoms with E-state index in [1.807, 2.05) is 4.90 Å². The third kappa shape index (κ3) is 1.87. The van der Waals surface area contributed by atoms with Crippen LogP contribution in [-0.4, -0.2) is 42.6 Å². The number of hydrogen-bond donors (Lipinski definition) is 1. The first kappa shape index (κ1) is 11.5. The van der Waals surface area contributed by atoms with Crippen LogP contribution < -0.4 is 5.73 Å². The Balaban J connectivity index is 1.64. The summed E-state index contributed by atoms with van der Waals surface area (Å²) in [6.45, 7) is 4.55. The molecule has 96 valence electrons. The maximum absolute atomic E-state index is 12.4. The quantitative estimate of drug-likeness (QED) is 0.772. The van der Waals surface area contributed by atoms with Crippen LogP contribution in [0, 0.1) is 11.3 Å². The molecule has 3 heterocycles. The number of amides is 1. The van der Waals surface area contributed by atoms with Crippen molar-refractivity contribution in [2.75, 3.05) is 19.6 Å². The zero-order chi connectivity index (χ0) is 12.0. The van der Waals surface area contributed by atoms with E-state index in [1.54, 1.807) is 0 Å². The van der Waals surface area contributed by atoms with Crippen molar-refractivity contribution < 1.29 is 9.53 Å². The van der Waals surface area contributed by atoms with Crippen molar-refractivity contribution in [3.63, 3.8) is 0 Å². The van der Waals surface area contributed by atoms with Gasteiger partial charge in [-0.1, -0.05) is 6.92 Å². The normalized spacial score (nSPS) is 44.6. The molecular formula is C13H22N2O2. The van der Waals surface area contributed by atoms with Crippen LogP contribution in [0.3, 0.4) is 0 Å². The summed E-state index contributed by atoms with van der Waals surface area (Å²) in [7, 11) is 0. The Kier molecular flexibility index (Phi) is 2.67. The van der Waals surface area contributed by atoms with E-state index in [0.29, 0.717) is 18.6 Å². The molecule has 0 radical (unpaired) electrons. The molecular weight excluding hydrogens is 216 g/mol. The monoisotopic (exact) mass is 238 g/mol. The van der Waals surface area contributed by atoms with Crippen LogP contribution in [0.2, 0.25) is 0 Å². The first-order valence-corrected chi connectivity index (χ1v) is 6.76. The van der Waals surface area contributed by atoms with Crippen molar-refractivity contribution in [2.24, 2.45) is 17.1 Å². The van der Waals surface area contributed by atoms with Crippen molar-refractivity contribution >= 4 is 5.91 Å². The number of fused-ring (bicyclic) bond motifs is 2. The van der Waals surface area contributed by atoms with Gasteiger partial charge < -0.3 is 15.4 Å². The highest BCUT2D eigenvalue weighted by Crippen LogP contribution is 2.41. The van der Waals surface area contributed by atoms with Gasteiger partial charge in [-0.3, -0.25) is 4.79 Å². The van der Waals surface area contributed by atoms with Gasteiger partial charge >= 0.3 is 0 Å². The van der Waals surface area contributed by atoms with Gasteiger partial charge in [0.1, 0.15) is 0 Å². The van der Waals surface area contributed by atoms with Gasteiger partial charge in [-0.25, -0.2) is 0 Å². The van der Waals surface area contributed by atoms with Gasteiger partial charge in [0.25, 0.3) is 0 Å². The van der Waals surface area contributed by atoms with E-state index in [0.717, 1.165) is 38.8 Å². The molecule has 4 unspecified atom stereocenters. The highest BCUT2D eigenvalue weighted by molar-refractivity contribution is 5.80. The minimum Gasteiger partial charge on any atom is -0.374 e. The maximum atomic E-state index is 12.4. The molecule has 0 aliphatic carbocycles. The first-order valence-electron chi connectivity index (χ1n) is 6.76. The Labute approximate surface area is 102 Å². The van der Waals surface area contributed by atoms with Crippen molar-refractivity contribution in [1.82, 2.24) is 4.90 Å². The number of nitrogens with two attached hydrogens (primary N) is 1. The van der Waals surface area contributed by atoms with Gasteiger partial charge in [0.05, 0.1) is 18.1 Å². The molecule has 3 aliphatic rings. The van der Waals surface area contributed by atoms with Gasteiger partial charge in [0.2, 0.25) is 5.91 Å². The average Bonchev–Trinajstić information content (AvgIpc) is 3.02. The van der Waals surface area contributed by atoms with Crippen molar-refractivity contribution in [1.29, 1.82) is 0 Å². The van der Waals surface area contributed by atoms with Crippen LogP contribution in [0.15, 0.2) is 0 Å². The molecule has 3 fully saturated rings. The minimum absolute atomic E-state index is 0.133. The van der Waals surface area contributed by atoms with Gasteiger partial charge in [-0.15, -0.1) is 0 Å². The van der Waals surface area contributed by atoms with E-state index in [9.17, 15) is 4.79 Å². The fourth-order valence-corrected chi connectivity index (χ4v) is 3.51. The lowest BCUT2D eigenvalue weighted by molar-refractivity contribution is -0.136. The van der Waals surface area contributed by atoms with Crippen LogP contribution in [0.1, 0.15) is 32.6 Å². The number of hydrogen-bond acceptors (Lipinski definition) is 3.